The van der Waals surface area contributed by atoms with Crippen LogP contribution in [-0.2, 0) is 0 Å². The first-order valence-electron chi connectivity index (χ1n) is 17.8. The molecule has 0 atom stereocenters. The predicted molar refractivity (Wildman–Crippen MR) is 242 cm³/mol. The standard InChI is InChI=1S/C43H16B9N3O2/c44-30-24(26-27(31(45)34(30)48)28-29-33(47)35(49)36(50)38(52)40(29)57-39(28)37(51)32(26)46)18-10-6-11-19(16-18)42-53-41(17-8-2-1-3-9-17)54-43(55-42)21-13-7-15-23-25(21)20-12-4-5-14-22(20)56-23/h1-16H. The third-order valence-electron chi connectivity index (χ3n) is 10.7. The van der Waals surface area contributed by atoms with Gasteiger partial charge in [0.25, 0.3) is 0 Å². The molecule has 10 aromatic rings. The molecule has 7 aromatic carbocycles. The van der Waals surface area contributed by atoms with Gasteiger partial charge in [0, 0.05) is 38.2 Å². The fraction of sp³-hybridized carbons (Fsp3) is 0. The Bertz CT molecular complexity index is 3360. The Kier molecular flexibility index (Phi) is 8.09. The van der Waals surface area contributed by atoms with Crippen molar-refractivity contribution < 1.29 is 8.83 Å². The summed E-state index contributed by atoms with van der Waals surface area (Å²) in [5, 5.41) is 3.47. The maximum Gasteiger partial charge on any atom is 0.164 e. The molecule has 0 unspecified atom stereocenters. The van der Waals surface area contributed by atoms with Crippen molar-refractivity contribution in [3.05, 3.63) is 97.1 Å². The van der Waals surface area contributed by atoms with E-state index < -0.39 is 0 Å². The molecule has 5 nitrogen and oxygen atoms in total. The molecule has 0 amide bonds. The van der Waals surface area contributed by atoms with Crippen LogP contribution in [0.15, 0.2) is 106 Å². The maximum absolute atomic E-state index is 6.87. The van der Waals surface area contributed by atoms with E-state index >= 15 is 0 Å². The molecule has 0 N–H and O–H groups in total. The van der Waals surface area contributed by atoms with E-state index in [1.54, 1.807) is 0 Å². The molecule has 57 heavy (non-hydrogen) atoms. The van der Waals surface area contributed by atoms with Gasteiger partial charge in [-0.1, -0.05) is 112 Å². The van der Waals surface area contributed by atoms with Gasteiger partial charge in [0.1, 0.15) is 92.9 Å². The Labute approximate surface area is 339 Å². The van der Waals surface area contributed by atoms with Crippen LogP contribution in [0.2, 0.25) is 0 Å². The van der Waals surface area contributed by atoms with Crippen molar-refractivity contribution in [2.24, 2.45) is 0 Å². The summed E-state index contributed by atoms with van der Waals surface area (Å²) in [6.45, 7) is 0. The van der Waals surface area contributed by atoms with Crippen LogP contribution in [0.1, 0.15) is 0 Å². The van der Waals surface area contributed by atoms with Crippen molar-refractivity contribution in [2.45, 2.75) is 0 Å². The second-order valence-electron chi connectivity index (χ2n) is 13.9. The Hall–Kier alpha value is -6.01. The molecule has 0 spiro atoms. The number of furan rings is 2. The molecule has 0 aliphatic rings. The molecule has 242 valence electrons. The summed E-state index contributed by atoms with van der Waals surface area (Å²) in [7, 11) is 59.4. The number of rotatable bonds is 4. The van der Waals surface area contributed by atoms with E-state index in [-0.39, 0.29) is 60.3 Å². The van der Waals surface area contributed by atoms with Crippen molar-refractivity contribution in [2.75, 3.05) is 0 Å². The van der Waals surface area contributed by atoms with Crippen LogP contribution in [0.25, 0.3) is 99.9 Å². The van der Waals surface area contributed by atoms with Crippen molar-refractivity contribution in [1.82, 2.24) is 15.0 Å². The molecule has 0 bridgehead atoms. The zero-order chi connectivity index (χ0) is 39.4. The maximum atomic E-state index is 6.87. The Morgan fingerprint density at radius 3 is 1.68 bits per heavy atom. The molecule has 0 saturated heterocycles. The molecule has 0 aliphatic carbocycles. The highest BCUT2D eigenvalue weighted by molar-refractivity contribution is 6.70. The lowest BCUT2D eigenvalue weighted by Gasteiger charge is -2.23. The van der Waals surface area contributed by atoms with E-state index in [1.165, 1.54) is 0 Å². The van der Waals surface area contributed by atoms with E-state index in [4.69, 9.17) is 94.4 Å². The number of nitrogens with zero attached hydrogens (tertiary/aromatic N) is 3. The minimum Gasteiger partial charge on any atom is -0.457 e. The number of para-hydroxylation sites is 1. The Morgan fingerprint density at radius 2 is 0.895 bits per heavy atom. The fourth-order valence-corrected chi connectivity index (χ4v) is 7.86. The number of benzene rings is 7. The highest BCUT2D eigenvalue weighted by Gasteiger charge is 2.25. The Balaban J connectivity index is 1.25. The predicted octanol–water partition coefficient (Wildman–Crippen LogP) is 0.636. The van der Waals surface area contributed by atoms with Crippen LogP contribution in [0.5, 0.6) is 0 Å². The van der Waals surface area contributed by atoms with Crippen LogP contribution in [-0.4, -0.2) is 85.6 Å². The second-order valence-corrected chi connectivity index (χ2v) is 13.9. The van der Waals surface area contributed by atoms with Crippen LogP contribution in [0, 0.1) is 0 Å². The first-order chi connectivity index (χ1) is 27.5. The van der Waals surface area contributed by atoms with Crippen molar-refractivity contribution in [3.63, 3.8) is 0 Å². The lowest BCUT2D eigenvalue weighted by atomic mass is 9.62. The molecular weight excluding hydrogens is 688 g/mol. The zero-order valence-corrected chi connectivity index (χ0v) is 30.1. The molecule has 14 heteroatoms. The number of hydrogen-bond acceptors (Lipinski definition) is 5. The van der Waals surface area contributed by atoms with Crippen molar-refractivity contribution in [3.8, 4) is 45.3 Å². The van der Waals surface area contributed by atoms with Gasteiger partial charge >= 0.3 is 0 Å². The third-order valence-corrected chi connectivity index (χ3v) is 10.7. The summed E-state index contributed by atoms with van der Waals surface area (Å²) in [6, 6.07) is 31.0. The molecular formula is C43H16B9N3O2. The van der Waals surface area contributed by atoms with Crippen LogP contribution in [0.3, 0.4) is 0 Å². The van der Waals surface area contributed by atoms with Gasteiger partial charge in [0.2, 0.25) is 0 Å². The lowest BCUT2D eigenvalue weighted by molar-refractivity contribution is 0.669. The first-order valence-corrected chi connectivity index (χ1v) is 17.8. The topological polar surface area (TPSA) is 65.0 Å². The smallest absolute Gasteiger partial charge is 0.164 e. The largest absolute Gasteiger partial charge is 0.457 e. The number of fused-ring (bicyclic) bond motifs is 8. The van der Waals surface area contributed by atoms with Gasteiger partial charge in [0.15, 0.2) is 17.5 Å². The summed E-state index contributed by atoms with van der Waals surface area (Å²) >= 11 is 0. The zero-order valence-electron chi connectivity index (χ0n) is 30.1. The SMILES string of the molecule is [B]c1c([B])c([B])c2c(oc3c([B])c([B])c4c(-c5cccc(-c6nc(-c7ccccc7)nc(-c7cccc8oc9ccccc9c78)n6)c5)c([B])c([B])c([B])c4c32)c1[B]. The molecule has 0 fully saturated rings. The minimum absolute atomic E-state index is 0.0795. The van der Waals surface area contributed by atoms with E-state index in [0.717, 1.165) is 27.5 Å². The molecule has 18 radical (unpaired) electrons. The van der Waals surface area contributed by atoms with Gasteiger partial charge in [-0.3, -0.25) is 0 Å². The van der Waals surface area contributed by atoms with Gasteiger partial charge in [-0.2, -0.15) is 0 Å². The molecule has 0 saturated carbocycles. The van der Waals surface area contributed by atoms with Crippen LogP contribution >= 0.6 is 0 Å². The normalized spacial score (nSPS) is 11.8. The van der Waals surface area contributed by atoms with Gasteiger partial charge in [-0.15, -0.1) is 16.4 Å². The monoisotopic (exact) mass is 705 g/mol. The number of aromatic nitrogens is 3. The summed E-state index contributed by atoms with van der Waals surface area (Å²) in [4.78, 5) is 15.1. The highest BCUT2D eigenvalue weighted by atomic mass is 16.3. The van der Waals surface area contributed by atoms with E-state index in [0.29, 0.717) is 61.3 Å². The van der Waals surface area contributed by atoms with E-state index in [1.807, 2.05) is 97.1 Å². The van der Waals surface area contributed by atoms with Gasteiger partial charge < -0.3 is 8.83 Å². The average molecular weight is 704 g/mol. The first kappa shape index (κ1) is 35.4. The van der Waals surface area contributed by atoms with Gasteiger partial charge in [0.05, 0.1) is 0 Å². The highest BCUT2D eigenvalue weighted by Crippen LogP contribution is 2.38. The molecule has 10 rings (SSSR count). The molecule has 0 aliphatic heterocycles. The Morgan fingerprint density at radius 1 is 0.351 bits per heavy atom. The molecule has 3 aromatic heterocycles. The van der Waals surface area contributed by atoms with Gasteiger partial charge in [-0.05, 0) is 40.1 Å². The summed E-state index contributed by atoms with van der Waals surface area (Å²) < 4.78 is 12.4. The minimum atomic E-state index is 0.0795. The van der Waals surface area contributed by atoms with Gasteiger partial charge in [-0.25, -0.2) is 15.0 Å². The summed E-state index contributed by atoms with van der Waals surface area (Å²) in [5.41, 5.74) is 6.33. The van der Waals surface area contributed by atoms with Crippen LogP contribution < -0.4 is 49.2 Å². The fourth-order valence-electron chi connectivity index (χ4n) is 7.86. The quantitative estimate of drug-likeness (QED) is 0.252. The lowest BCUT2D eigenvalue weighted by Crippen LogP contribution is -2.47. The second kappa shape index (κ2) is 13.0. The van der Waals surface area contributed by atoms with E-state index in [2.05, 4.69) is 0 Å². The van der Waals surface area contributed by atoms with Crippen molar-refractivity contribution >= 4 is 174 Å². The number of hydrogen-bond donors (Lipinski definition) is 0. The van der Waals surface area contributed by atoms with Crippen LogP contribution in [0.4, 0.5) is 0 Å². The average Bonchev–Trinajstić information content (AvgIpc) is 3.83. The van der Waals surface area contributed by atoms with Crippen molar-refractivity contribution in [1.29, 1.82) is 0 Å². The molecule has 3 heterocycles. The van der Waals surface area contributed by atoms with E-state index in [9.17, 15) is 0 Å². The third kappa shape index (κ3) is 5.19. The summed E-state index contributed by atoms with van der Waals surface area (Å²) in [6.07, 6.45) is 0. The summed E-state index contributed by atoms with van der Waals surface area (Å²) in [5.74, 6) is 1.35.